The fourth-order valence-corrected chi connectivity index (χ4v) is 2.20. The summed E-state index contributed by atoms with van der Waals surface area (Å²) in [7, 11) is 0. The highest BCUT2D eigenvalue weighted by atomic mass is 16.4. The zero-order chi connectivity index (χ0) is 14.2. The topological polar surface area (TPSA) is 92.2 Å². The number of rotatable bonds is 6. The van der Waals surface area contributed by atoms with Crippen molar-refractivity contribution in [2.75, 3.05) is 6.54 Å². The molecule has 3 rings (SSSR count). The summed E-state index contributed by atoms with van der Waals surface area (Å²) in [6.45, 7) is 0.417. The molecule has 1 aromatic heterocycles. The predicted molar refractivity (Wildman–Crippen MR) is 70.0 cm³/mol. The fourth-order valence-electron chi connectivity index (χ4n) is 2.20. The van der Waals surface area contributed by atoms with Gasteiger partial charge in [0, 0.05) is 24.9 Å². The van der Waals surface area contributed by atoms with Gasteiger partial charge in [-0.2, -0.15) is 0 Å². The van der Waals surface area contributed by atoms with Gasteiger partial charge in [0.15, 0.2) is 0 Å². The van der Waals surface area contributed by atoms with Crippen LogP contribution in [0.25, 0.3) is 0 Å². The number of amides is 1. The molecule has 0 unspecified atom stereocenters. The van der Waals surface area contributed by atoms with Gasteiger partial charge in [-0.3, -0.25) is 9.59 Å². The number of carboxylic acids is 1. The van der Waals surface area contributed by atoms with E-state index < -0.39 is 11.4 Å². The third-order valence-electron chi connectivity index (χ3n) is 3.96. The van der Waals surface area contributed by atoms with E-state index in [2.05, 4.69) is 15.3 Å². The molecule has 6 heteroatoms. The Labute approximate surface area is 116 Å². The Kier molecular flexibility index (Phi) is 3.16. The lowest BCUT2D eigenvalue weighted by atomic mass is 10.1. The molecule has 2 aliphatic carbocycles. The van der Waals surface area contributed by atoms with Crippen LogP contribution in [0.1, 0.15) is 43.0 Å². The molecule has 6 nitrogen and oxygen atoms in total. The van der Waals surface area contributed by atoms with Gasteiger partial charge >= 0.3 is 5.97 Å². The second kappa shape index (κ2) is 4.85. The first kappa shape index (κ1) is 13.0. The van der Waals surface area contributed by atoms with Gasteiger partial charge in [-0.25, -0.2) is 9.97 Å². The van der Waals surface area contributed by atoms with E-state index >= 15 is 0 Å². The lowest BCUT2D eigenvalue weighted by Crippen LogP contribution is -2.37. The molecule has 0 bridgehead atoms. The van der Waals surface area contributed by atoms with Crippen molar-refractivity contribution in [1.82, 2.24) is 15.3 Å². The van der Waals surface area contributed by atoms with Crippen molar-refractivity contribution < 1.29 is 14.7 Å². The summed E-state index contributed by atoms with van der Waals surface area (Å²) in [5, 5.41) is 11.7. The monoisotopic (exact) mass is 275 g/mol. The smallest absolute Gasteiger partial charge is 0.319 e. The quantitative estimate of drug-likeness (QED) is 0.752. The number of nitrogens with zero attached hydrogens (tertiary/aromatic N) is 2. The van der Waals surface area contributed by atoms with Crippen LogP contribution in [0.2, 0.25) is 0 Å². The van der Waals surface area contributed by atoms with Crippen LogP contribution >= 0.6 is 0 Å². The number of hydrogen-bond acceptors (Lipinski definition) is 4. The van der Waals surface area contributed by atoms with Crippen LogP contribution in [0.3, 0.4) is 0 Å². The molecule has 0 saturated heterocycles. The Balaban J connectivity index is 1.47. The zero-order valence-electron chi connectivity index (χ0n) is 11.1. The molecule has 0 radical (unpaired) electrons. The van der Waals surface area contributed by atoms with Crippen LogP contribution in [0, 0.1) is 5.41 Å². The molecule has 1 aromatic rings. The Morgan fingerprint density at radius 2 is 1.95 bits per heavy atom. The zero-order valence-corrected chi connectivity index (χ0v) is 11.1. The van der Waals surface area contributed by atoms with Gasteiger partial charge in [0.25, 0.3) is 0 Å². The number of carboxylic acid groups (broad SMARTS) is 1. The first-order valence-corrected chi connectivity index (χ1v) is 6.94. The average Bonchev–Trinajstić information content (AvgIpc) is 3.30. The van der Waals surface area contributed by atoms with Gasteiger partial charge in [-0.15, -0.1) is 0 Å². The van der Waals surface area contributed by atoms with Crippen LogP contribution in [0.4, 0.5) is 0 Å². The average molecular weight is 275 g/mol. The standard InChI is InChI=1S/C14H17N3O3/c18-12(14(4-5-14)13(19)20)15-6-3-9-7-16-11(17-8-9)10-1-2-10/h7-8,10H,1-6H2,(H,15,18)(H,19,20). The predicted octanol–water partition coefficient (Wildman–Crippen LogP) is 0.877. The molecule has 20 heavy (non-hydrogen) atoms. The van der Waals surface area contributed by atoms with Crippen molar-refractivity contribution in [3.8, 4) is 0 Å². The van der Waals surface area contributed by atoms with E-state index in [-0.39, 0.29) is 5.91 Å². The minimum absolute atomic E-state index is 0.375. The first-order valence-electron chi connectivity index (χ1n) is 6.94. The van der Waals surface area contributed by atoms with E-state index in [1.165, 1.54) is 12.8 Å². The number of aliphatic carboxylic acids is 1. The van der Waals surface area contributed by atoms with Crippen molar-refractivity contribution >= 4 is 11.9 Å². The van der Waals surface area contributed by atoms with Crippen LogP contribution in [-0.2, 0) is 16.0 Å². The van der Waals surface area contributed by atoms with Gasteiger partial charge in [0.1, 0.15) is 11.2 Å². The van der Waals surface area contributed by atoms with Crippen LogP contribution in [0.15, 0.2) is 12.4 Å². The summed E-state index contributed by atoms with van der Waals surface area (Å²) >= 11 is 0. The third kappa shape index (κ3) is 2.50. The van der Waals surface area contributed by atoms with Gasteiger partial charge < -0.3 is 10.4 Å². The van der Waals surface area contributed by atoms with Gasteiger partial charge in [-0.1, -0.05) is 0 Å². The molecule has 1 amide bonds. The second-order valence-electron chi connectivity index (χ2n) is 5.62. The minimum Gasteiger partial charge on any atom is -0.480 e. The molecule has 2 N–H and O–H groups in total. The molecule has 0 aliphatic heterocycles. The Morgan fingerprint density at radius 3 is 2.45 bits per heavy atom. The van der Waals surface area contributed by atoms with Crippen molar-refractivity contribution in [1.29, 1.82) is 0 Å². The van der Waals surface area contributed by atoms with Crippen LogP contribution in [-0.4, -0.2) is 33.5 Å². The third-order valence-corrected chi connectivity index (χ3v) is 3.96. The van der Waals surface area contributed by atoms with E-state index in [9.17, 15) is 9.59 Å². The molecular formula is C14H17N3O3. The number of hydrogen-bond donors (Lipinski definition) is 2. The summed E-state index contributed by atoms with van der Waals surface area (Å²) in [6, 6.07) is 0. The molecule has 2 aliphatic rings. The van der Waals surface area contributed by atoms with Crippen molar-refractivity contribution in [3.05, 3.63) is 23.8 Å². The van der Waals surface area contributed by atoms with Crippen molar-refractivity contribution in [3.63, 3.8) is 0 Å². The van der Waals surface area contributed by atoms with E-state index in [1.807, 2.05) is 0 Å². The summed E-state index contributed by atoms with van der Waals surface area (Å²) in [5.41, 5.74) is -0.207. The number of nitrogens with one attached hydrogen (secondary N) is 1. The largest absolute Gasteiger partial charge is 0.480 e. The summed E-state index contributed by atoms with van der Waals surface area (Å²) in [6.07, 6.45) is 7.42. The lowest BCUT2D eigenvalue weighted by Gasteiger charge is -2.10. The maximum atomic E-state index is 11.8. The summed E-state index contributed by atoms with van der Waals surface area (Å²) in [4.78, 5) is 31.4. The van der Waals surface area contributed by atoms with Gasteiger partial charge in [0.05, 0.1) is 0 Å². The van der Waals surface area contributed by atoms with Gasteiger partial charge in [0.2, 0.25) is 5.91 Å². The van der Waals surface area contributed by atoms with Crippen LogP contribution in [0.5, 0.6) is 0 Å². The lowest BCUT2D eigenvalue weighted by molar-refractivity contribution is -0.149. The Morgan fingerprint density at radius 1 is 1.30 bits per heavy atom. The first-order chi connectivity index (χ1) is 9.62. The highest BCUT2D eigenvalue weighted by Gasteiger charge is 2.56. The molecule has 0 aromatic carbocycles. The van der Waals surface area contributed by atoms with E-state index in [0.717, 1.165) is 11.4 Å². The number of carbonyl (C=O) groups is 2. The molecule has 2 saturated carbocycles. The molecule has 2 fully saturated rings. The molecule has 0 atom stereocenters. The Hall–Kier alpha value is -1.98. The minimum atomic E-state index is -1.16. The van der Waals surface area contributed by atoms with Crippen LogP contribution < -0.4 is 5.32 Å². The molecule has 106 valence electrons. The molecular weight excluding hydrogens is 258 g/mol. The van der Waals surface area contributed by atoms with E-state index in [0.29, 0.717) is 31.7 Å². The number of carbonyl (C=O) groups excluding carboxylic acids is 1. The summed E-state index contributed by atoms with van der Waals surface area (Å²) in [5.74, 6) is 0.0438. The van der Waals surface area contributed by atoms with E-state index in [1.54, 1.807) is 12.4 Å². The molecule has 1 heterocycles. The summed E-state index contributed by atoms with van der Waals surface area (Å²) < 4.78 is 0. The highest BCUT2D eigenvalue weighted by molar-refractivity contribution is 6.04. The maximum absolute atomic E-state index is 11.8. The molecule has 0 spiro atoms. The van der Waals surface area contributed by atoms with Crippen molar-refractivity contribution in [2.45, 2.75) is 38.0 Å². The van der Waals surface area contributed by atoms with Gasteiger partial charge in [-0.05, 0) is 37.7 Å². The van der Waals surface area contributed by atoms with E-state index in [4.69, 9.17) is 5.11 Å². The van der Waals surface area contributed by atoms with Crippen molar-refractivity contribution in [2.24, 2.45) is 5.41 Å². The highest BCUT2D eigenvalue weighted by Crippen LogP contribution is 2.46. The Bertz CT molecular complexity index is 533. The normalized spacial score (nSPS) is 19.4. The number of aromatic nitrogens is 2. The second-order valence-corrected chi connectivity index (χ2v) is 5.62. The SMILES string of the molecule is O=C(O)C1(C(=O)NCCc2cnc(C3CC3)nc2)CC1. The maximum Gasteiger partial charge on any atom is 0.319 e. The fraction of sp³-hybridized carbons (Fsp3) is 0.571.